The molecule has 1 unspecified atom stereocenters. The van der Waals surface area contributed by atoms with Gasteiger partial charge >= 0.3 is 0 Å². The number of rotatable bonds is 3. The van der Waals surface area contributed by atoms with Crippen molar-refractivity contribution in [2.24, 2.45) is 0 Å². The van der Waals surface area contributed by atoms with Crippen LogP contribution in [0.25, 0.3) is 16.6 Å². The van der Waals surface area contributed by atoms with Crippen LogP contribution in [0.15, 0.2) is 48.8 Å². The van der Waals surface area contributed by atoms with Gasteiger partial charge < -0.3 is 4.90 Å². The lowest BCUT2D eigenvalue weighted by Crippen LogP contribution is -2.47. The van der Waals surface area contributed by atoms with E-state index in [2.05, 4.69) is 33.0 Å². The molecule has 6 nitrogen and oxygen atoms in total. The van der Waals surface area contributed by atoms with Gasteiger partial charge in [-0.3, -0.25) is 9.30 Å². The van der Waals surface area contributed by atoms with Crippen LogP contribution in [0.3, 0.4) is 0 Å². The van der Waals surface area contributed by atoms with Gasteiger partial charge in [0.15, 0.2) is 5.65 Å². The van der Waals surface area contributed by atoms with Gasteiger partial charge in [0.1, 0.15) is 23.8 Å². The van der Waals surface area contributed by atoms with E-state index < -0.39 is 0 Å². The molecule has 0 saturated carbocycles. The van der Waals surface area contributed by atoms with Crippen LogP contribution in [0, 0.1) is 17.1 Å². The van der Waals surface area contributed by atoms with Gasteiger partial charge in [-0.25, -0.2) is 4.39 Å². The van der Waals surface area contributed by atoms with E-state index in [4.69, 9.17) is 11.6 Å². The average molecular weight is 435 g/mol. The summed E-state index contributed by atoms with van der Waals surface area (Å²) >= 11 is 6.32. The number of benzene rings is 2. The number of hydrogen-bond donors (Lipinski definition) is 0. The molecule has 0 radical (unpaired) electrons. The van der Waals surface area contributed by atoms with E-state index in [1.807, 2.05) is 34.7 Å². The largest absolute Gasteiger partial charge is 0.367 e. The Morgan fingerprint density at radius 2 is 1.84 bits per heavy atom. The summed E-state index contributed by atoms with van der Waals surface area (Å²) in [5.74, 6) is -0.223. The quantitative estimate of drug-likeness (QED) is 0.477. The summed E-state index contributed by atoms with van der Waals surface area (Å²) in [5.41, 5.74) is 3.92. The molecule has 31 heavy (non-hydrogen) atoms. The summed E-state index contributed by atoms with van der Waals surface area (Å²) in [5, 5.41) is 19.7. The van der Waals surface area contributed by atoms with Gasteiger partial charge in [-0.2, -0.15) is 5.26 Å². The Hall–Kier alpha value is -3.21. The highest BCUT2D eigenvalue weighted by molar-refractivity contribution is 6.31. The first kappa shape index (κ1) is 19.7. The van der Waals surface area contributed by atoms with Crippen LogP contribution in [0.4, 0.5) is 10.1 Å². The number of halogens is 2. The van der Waals surface area contributed by atoms with Crippen molar-refractivity contribution in [1.29, 1.82) is 5.26 Å². The van der Waals surface area contributed by atoms with Crippen molar-refractivity contribution in [3.05, 3.63) is 70.8 Å². The van der Waals surface area contributed by atoms with Crippen molar-refractivity contribution in [3.63, 3.8) is 0 Å². The van der Waals surface area contributed by atoms with Crippen LogP contribution >= 0.6 is 11.6 Å². The maximum atomic E-state index is 13.3. The second-order valence-corrected chi connectivity index (χ2v) is 8.21. The molecule has 0 bridgehead atoms. The maximum absolute atomic E-state index is 13.3. The van der Waals surface area contributed by atoms with Gasteiger partial charge in [-0.15, -0.1) is 10.2 Å². The van der Waals surface area contributed by atoms with Gasteiger partial charge in [0.05, 0.1) is 11.2 Å². The molecule has 0 spiro atoms. The summed E-state index contributed by atoms with van der Waals surface area (Å²) in [7, 11) is 0. The lowest BCUT2D eigenvalue weighted by Gasteiger charge is -2.40. The molecule has 1 aliphatic heterocycles. The van der Waals surface area contributed by atoms with E-state index in [1.54, 1.807) is 6.33 Å². The number of nitriles is 1. The zero-order chi connectivity index (χ0) is 21.5. The summed E-state index contributed by atoms with van der Waals surface area (Å²) in [4.78, 5) is 4.61. The normalized spacial score (nSPS) is 16.0. The van der Waals surface area contributed by atoms with Gasteiger partial charge in [0, 0.05) is 42.6 Å². The third-order valence-corrected chi connectivity index (χ3v) is 6.36. The van der Waals surface area contributed by atoms with E-state index in [0.29, 0.717) is 16.2 Å². The molecule has 0 amide bonds. The highest BCUT2D eigenvalue weighted by Gasteiger charge is 2.27. The second kappa shape index (κ2) is 7.80. The van der Waals surface area contributed by atoms with E-state index in [1.165, 1.54) is 12.1 Å². The minimum absolute atomic E-state index is 0.184. The minimum atomic E-state index is -0.223. The Bertz CT molecular complexity index is 1300. The van der Waals surface area contributed by atoms with Crippen LogP contribution in [0.2, 0.25) is 5.02 Å². The molecular formula is C23H20ClFN6. The van der Waals surface area contributed by atoms with Gasteiger partial charge in [0.25, 0.3) is 0 Å². The molecule has 1 atom stereocenters. The molecule has 2 aromatic heterocycles. The van der Waals surface area contributed by atoms with Crippen LogP contribution in [-0.4, -0.2) is 45.7 Å². The lowest BCUT2D eigenvalue weighted by molar-refractivity contribution is 0.198. The summed E-state index contributed by atoms with van der Waals surface area (Å²) in [6, 6.07) is 14.9. The van der Waals surface area contributed by atoms with Crippen molar-refractivity contribution in [2.75, 3.05) is 31.1 Å². The summed E-state index contributed by atoms with van der Waals surface area (Å²) in [6.45, 7) is 5.30. The molecule has 0 N–H and O–H groups in total. The number of piperazine rings is 1. The number of aromatic nitrogens is 3. The molecule has 3 heterocycles. The van der Waals surface area contributed by atoms with Crippen molar-refractivity contribution in [2.45, 2.75) is 13.0 Å². The molecule has 4 aromatic rings. The highest BCUT2D eigenvalue weighted by atomic mass is 35.5. The monoisotopic (exact) mass is 434 g/mol. The Morgan fingerprint density at radius 3 is 2.55 bits per heavy atom. The molecule has 8 heteroatoms. The topological polar surface area (TPSA) is 60.5 Å². The van der Waals surface area contributed by atoms with Crippen LogP contribution < -0.4 is 4.90 Å². The predicted octanol–water partition coefficient (Wildman–Crippen LogP) is 4.43. The fourth-order valence-corrected chi connectivity index (χ4v) is 4.62. The van der Waals surface area contributed by atoms with Gasteiger partial charge in [-0.1, -0.05) is 23.7 Å². The minimum Gasteiger partial charge on any atom is -0.367 e. The Balaban J connectivity index is 1.50. The fourth-order valence-electron chi connectivity index (χ4n) is 4.45. The zero-order valence-electron chi connectivity index (χ0n) is 17.0. The number of hydrogen-bond acceptors (Lipinski definition) is 5. The maximum Gasteiger partial charge on any atom is 0.181 e. The third-order valence-electron chi connectivity index (χ3n) is 6.12. The van der Waals surface area contributed by atoms with Crippen LogP contribution in [-0.2, 0) is 0 Å². The fraction of sp³-hybridized carbons (Fsp3) is 0.261. The van der Waals surface area contributed by atoms with Crippen LogP contribution in [0.1, 0.15) is 24.1 Å². The smallest absolute Gasteiger partial charge is 0.181 e. The zero-order valence-corrected chi connectivity index (χ0v) is 17.7. The number of fused-ring (bicyclic) bond motifs is 3. The van der Waals surface area contributed by atoms with Crippen LogP contribution in [0.5, 0.6) is 0 Å². The summed E-state index contributed by atoms with van der Waals surface area (Å²) < 4.78 is 15.1. The average Bonchev–Trinajstić information content (AvgIpc) is 3.28. The first-order valence-electron chi connectivity index (χ1n) is 10.2. The molecule has 1 saturated heterocycles. The van der Waals surface area contributed by atoms with Gasteiger partial charge in [0.2, 0.25) is 0 Å². The lowest BCUT2D eigenvalue weighted by atomic mass is 10.0. The Kier molecular flexibility index (Phi) is 4.97. The molecule has 0 aliphatic carbocycles. The van der Waals surface area contributed by atoms with Crippen molar-refractivity contribution in [1.82, 2.24) is 19.5 Å². The molecule has 1 fully saturated rings. The second-order valence-electron chi connectivity index (χ2n) is 7.77. The standard InChI is InChI=1S/C23H20ClFN6/c1-15(16-2-5-18(25)6-3-16)29-8-10-30(11-9-29)22-19-12-17(24)4-7-21(19)31-14-27-28-23(31)20(22)13-26/h2-7,12,14-15H,8-11H2,1H3. The predicted molar refractivity (Wildman–Crippen MR) is 119 cm³/mol. The third kappa shape index (κ3) is 3.38. The van der Waals surface area contributed by atoms with E-state index in [9.17, 15) is 9.65 Å². The van der Waals surface area contributed by atoms with E-state index in [-0.39, 0.29) is 11.9 Å². The molecular weight excluding hydrogens is 415 g/mol. The first-order chi connectivity index (χ1) is 15.1. The van der Waals surface area contributed by atoms with Gasteiger partial charge in [-0.05, 0) is 42.8 Å². The number of nitrogens with zero attached hydrogens (tertiary/aromatic N) is 6. The molecule has 5 rings (SSSR count). The summed E-state index contributed by atoms with van der Waals surface area (Å²) in [6.07, 6.45) is 1.62. The highest BCUT2D eigenvalue weighted by Crippen LogP contribution is 2.36. The molecule has 2 aromatic carbocycles. The van der Waals surface area contributed by atoms with E-state index in [0.717, 1.165) is 48.3 Å². The number of pyridine rings is 1. The Morgan fingerprint density at radius 1 is 1.10 bits per heavy atom. The van der Waals surface area contributed by atoms with Crippen molar-refractivity contribution >= 4 is 33.8 Å². The number of anilines is 1. The van der Waals surface area contributed by atoms with Crippen molar-refractivity contribution < 1.29 is 4.39 Å². The van der Waals surface area contributed by atoms with E-state index >= 15 is 0 Å². The molecule has 156 valence electrons. The Labute approximate surface area is 184 Å². The first-order valence-corrected chi connectivity index (χ1v) is 10.5. The molecule has 1 aliphatic rings. The SMILES string of the molecule is CC(c1ccc(F)cc1)N1CCN(c2c(C#N)c3nncn3c3ccc(Cl)cc23)CC1. The van der Waals surface area contributed by atoms with Crippen molar-refractivity contribution in [3.8, 4) is 6.07 Å².